The Labute approximate surface area is 149 Å². The first-order valence-electron chi connectivity index (χ1n) is 9.18. The molecule has 0 aliphatic carbocycles. The fraction of sp³-hybridized carbons (Fsp3) is 0.417. The van der Waals surface area contributed by atoms with Gasteiger partial charge < -0.3 is 0 Å². The Kier molecular flexibility index (Phi) is 9.84. The predicted octanol–water partition coefficient (Wildman–Crippen LogP) is 7.90. The van der Waals surface area contributed by atoms with E-state index in [0.717, 1.165) is 19.3 Å². The summed E-state index contributed by atoms with van der Waals surface area (Å²) < 4.78 is 0. The van der Waals surface area contributed by atoms with Gasteiger partial charge in [-0.05, 0) is 77.9 Å². The van der Waals surface area contributed by atoms with Crippen LogP contribution in [0.3, 0.4) is 0 Å². The Balaban J connectivity index is 2.43. The lowest BCUT2D eigenvalue weighted by molar-refractivity contribution is 0.915. The molecule has 0 amide bonds. The van der Waals surface area contributed by atoms with Crippen molar-refractivity contribution in [1.29, 1.82) is 0 Å². The van der Waals surface area contributed by atoms with Crippen LogP contribution in [0.2, 0.25) is 0 Å². The van der Waals surface area contributed by atoms with Crippen LogP contribution in [-0.2, 0) is 0 Å². The number of rotatable bonds is 9. The van der Waals surface area contributed by atoms with Crippen molar-refractivity contribution in [2.24, 2.45) is 0 Å². The zero-order chi connectivity index (χ0) is 17.8. The van der Waals surface area contributed by atoms with E-state index in [1.165, 1.54) is 40.7 Å². The lowest BCUT2D eigenvalue weighted by Gasteiger charge is -2.06. The van der Waals surface area contributed by atoms with Crippen LogP contribution in [0.25, 0.3) is 5.57 Å². The molecule has 0 heterocycles. The summed E-state index contributed by atoms with van der Waals surface area (Å²) in [5, 5.41) is 0. The first-order chi connectivity index (χ1) is 11.5. The van der Waals surface area contributed by atoms with E-state index in [-0.39, 0.29) is 0 Å². The molecule has 0 nitrogen and oxygen atoms in total. The highest BCUT2D eigenvalue weighted by Gasteiger charge is 1.98. The van der Waals surface area contributed by atoms with E-state index in [4.69, 9.17) is 0 Å². The van der Waals surface area contributed by atoms with Gasteiger partial charge in [-0.2, -0.15) is 0 Å². The molecule has 0 N–H and O–H groups in total. The molecule has 0 aliphatic heterocycles. The van der Waals surface area contributed by atoms with Gasteiger partial charge in [0, 0.05) is 0 Å². The average molecular weight is 323 g/mol. The van der Waals surface area contributed by atoms with Gasteiger partial charge in [-0.15, -0.1) is 0 Å². The molecular formula is C24H34. The minimum atomic E-state index is 1.02. The summed E-state index contributed by atoms with van der Waals surface area (Å²) in [6.45, 7) is 11.0. The highest BCUT2D eigenvalue weighted by Crippen LogP contribution is 2.20. The number of hydrogen-bond acceptors (Lipinski definition) is 0. The van der Waals surface area contributed by atoms with Gasteiger partial charge in [-0.3, -0.25) is 0 Å². The quantitative estimate of drug-likeness (QED) is 0.405. The monoisotopic (exact) mass is 322 g/mol. The third-order valence-electron chi connectivity index (χ3n) is 4.29. The smallest absolute Gasteiger partial charge is 0.00922 e. The van der Waals surface area contributed by atoms with Crippen molar-refractivity contribution >= 4 is 5.57 Å². The van der Waals surface area contributed by atoms with E-state index in [9.17, 15) is 0 Å². The zero-order valence-electron chi connectivity index (χ0n) is 16.2. The van der Waals surface area contributed by atoms with Gasteiger partial charge in [-0.25, -0.2) is 0 Å². The highest BCUT2D eigenvalue weighted by atomic mass is 14.0. The third-order valence-corrected chi connectivity index (χ3v) is 4.29. The zero-order valence-corrected chi connectivity index (χ0v) is 16.2. The molecule has 24 heavy (non-hydrogen) atoms. The van der Waals surface area contributed by atoms with Crippen LogP contribution < -0.4 is 0 Å². The van der Waals surface area contributed by atoms with Crippen molar-refractivity contribution in [3.63, 3.8) is 0 Å². The standard InChI is InChI=1S/C24H34/c1-6-23(24-16-8-7-9-17-24)19-18-22(5)15-11-14-21(4)13-10-12-20(2)3/h6-9,12,14,16-18H,10-11,13,15,19H2,1-5H3/b21-14+,22-18+,23-6+. The van der Waals surface area contributed by atoms with Crippen LogP contribution >= 0.6 is 0 Å². The van der Waals surface area contributed by atoms with Gasteiger partial charge in [0.05, 0.1) is 0 Å². The molecule has 0 radical (unpaired) electrons. The Morgan fingerprint density at radius 2 is 1.38 bits per heavy atom. The summed E-state index contributed by atoms with van der Waals surface area (Å²) in [7, 11) is 0. The minimum Gasteiger partial charge on any atom is -0.0856 e. The summed E-state index contributed by atoms with van der Waals surface area (Å²) in [4.78, 5) is 0. The molecule has 130 valence electrons. The average Bonchev–Trinajstić information content (AvgIpc) is 2.56. The van der Waals surface area contributed by atoms with Crippen molar-refractivity contribution in [2.45, 2.75) is 66.7 Å². The summed E-state index contributed by atoms with van der Waals surface area (Å²) in [6.07, 6.45) is 15.0. The minimum absolute atomic E-state index is 1.02. The summed E-state index contributed by atoms with van der Waals surface area (Å²) in [6, 6.07) is 10.7. The second kappa shape index (κ2) is 11.7. The summed E-state index contributed by atoms with van der Waals surface area (Å²) in [5.74, 6) is 0. The lowest BCUT2D eigenvalue weighted by atomic mass is 10.00. The van der Waals surface area contributed by atoms with Crippen molar-refractivity contribution in [3.8, 4) is 0 Å². The Hall–Kier alpha value is -1.82. The molecule has 0 unspecified atom stereocenters. The van der Waals surface area contributed by atoms with E-state index >= 15 is 0 Å². The van der Waals surface area contributed by atoms with E-state index in [1.807, 2.05) is 0 Å². The maximum atomic E-state index is 2.41. The molecule has 1 aromatic rings. The van der Waals surface area contributed by atoms with Crippen LogP contribution in [0.4, 0.5) is 0 Å². The Bertz CT molecular complexity index is 590. The van der Waals surface area contributed by atoms with Gasteiger partial charge in [0.25, 0.3) is 0 Å². The van der Waals surface area contributed by atoms with Gasteiger partial charge in [0.15, 0.2) is 0 Å². The SMILES string of the molecule is C/C=C(\C/C=C(\C)CC/C=C(\C)CCC=C(C)C)c1ccccc1. The van der Waals surface area contributed by atoms with Crippen molar-refractivity contribution in [3.05, 3.63) is 76.9 Å². The molecule has 0 aromatic heterocycles. The van der Waals surface area contributed by atoms with Crippen LogP contribution in [0, 0.1) is 0 Å². The molecule has 1 aromatic carbocycles. The van der Waals surface area contributed by atoms with E-state index in [2.05, 4.69) is 89.3 Å². The molecule has 0 bridgehead atoms. The second-order valence-electron chi connectivity index (χ2n) is 6.84. The van der Waals surface area contributed by atoms with E-state index in [1.54, 1.807) is 0 Å². The van der Waals surface area contributed by atoms with Gasteiger partial charge in [0.2, 0.25) is 0 Å². The number of allylic oxidation sites excluding steroid dienone is 8. The molecule has 0 heteroatoms. The summed E-state index contributed by atoms with van der Waals surface area (Å²) >= 11 is 0. The molecule has 1 rings (SSSR count). The Morgan fingerprint density at radius 3 is 1.96 bits per heavy atom. The van der Waals surface area contributed by atoms with Crippen molar-refractivity contribution in [2.75, 3.05) is 0 Å². The van der Waals surface area contributed by atoms with Gasteiger partial charge in [-0.1, -0.05) is 71.4 Å². The van der Waals surface area contributed by atoms with E-state index < -0.39 is 0 Å². The second-order valence-corrected chi connectivity index (χ2v) is 6.84. The fourth-order valence-electron chi connectivity index (χ4n) is 2.68. The topological polar surface area (TPSA) is 0 Å². The lowest BCUT2D eigenvalue weighted by Crippen LogP contribution is -1.84. The molecule has 0 saturated carbocycles. The van der Waals surface area contributed by atoms with Gasteiger partial charge in [0.1, 0.15) is 0 Å². The fourth-order valence-corrected chi connectivity index (χ4v) is 2.68. The molecule has 0 aliphatic rings. The van der Waals surface area contributed by atoms with Crippen LogP contribution in [0.15, 0.2) is 71.4 Å². The molecular weight excluding hydrogens is 288 g/mol. The highest BCUT2D eigenvalue weighted by molar-refractivity contribution is 5.66. The molecule has 0 saturated heterocycles. The van der Waals surface area contributed by atoms with Crippen LogP contribution in [0.5, 0.6) is 0 Å². The third kappa shape index (κ3) is 8.72. The first kappa shape index (κ1) is 20.2. The predicted molar refractivity (Wildman–Crippen MR) is 110 cm³/mol. The van der Waals surface area contributed by atoms with Crippen LogP contribution in [-0.4, -0.2) is 0 Å². The maximum Gasteiger partial charge on any atom is -0.00922 e. The first-order valence-corrected chi connectivity index (χ1v) is 9.18. The number of hydrogen-bond donors (Lipinski definition) is 0. The molecule has 0 fully saturated rings. The molecule has 0 atom stereocenters. The van der Waals surface area contributed by atoms with E-state index in [0.29, 0.717) is 0 Å². The maximum absolute atomic E-state index is 2.41. The largest absolute Gasteiger partial charge is 0.0856 e. The van der Waals surface area contributed by atoms with Crippen molar-refractivity contribution in [1.82, 2.24) is 0 Å². The van der Waals surface area contributed by atoms with Gasteiger partial charge >= 0.3 is 0 Å². The molecule has 0 spiro atoms. The summed E-state index contributed by atoms with van der Waals surface area (Å²) in [5.41, 5.74) is 7.15. The Morgan fingerprint density at radius 1 is 0.792 bits per heavy atom. The normalized spacial score (nSPS) is 13.1. The van der Waals surface area contributed by atoms with Crippen LogP contribution in [0.1, 0.15) is 72.3 Å². The number of benzene rings is 1. The van der Waals surface area contributed by atoms with Crippen molar-refractivity contribution < 1.29 is 0 Å².